The molecule has 0 aliphatic heterocycles. The highest BCUT2D eigenvalue weighted by Gasteiger charge is 2.21. The Kier molecular flexibility index (Phi) is 3.49. The van der Waals surface area contributed by atoms with Gasteiger partial charge in [-0.25, -0.2) is 0 Å². The van der Waals surface area contributed by atoms with Gasteiger partial charge in [0.1, 0.15) is 5.69 Å². The summed E-state index contributed by atoms with van der Waals surface area (Å²) in [6, 6.07) is 0.166. The SMILES string of the molecule is Cc1cscc1C(=O)c1c(Br)cnn1C(C)C. The summed E-state index contributed by atoms with van der Waals surface area (Å²) >= 11 is 4.94. The van der Waals surface area contributed by atoms with E-state index in [4.69, 9.17) is 0 Å². The molecule has 5 heteroatoms. The van der Waals surface area contributed by atoms with E-state index in [2.05, 4.69) is 21.0 Å². The molecule has 0 aliphatic carbocycles. The van der Waals surface area contributed by atoms with Crippen LogP contribution in [0.4, 0.5) is 0 Å². The number of hydrogen-bond donors (Lipinski definition) is 0. The molecule has 0 saturated heterocycles. The molecule has 0 amide bonds. The third-order valence-corrected chi connectivity index (χ3v) is 4.00. The Morgan fingerprint density at radius 3 is 2.71 bits per heavy atom. The molecule has 2 rings (SSSR count). The Balaban J connectivity index is 2.51. The van der Waals surface area contributed by atoms with Crippen LogP contribution in [0.1, 0.15) is 41.5 Å². The first-order valence-corrected chi connectivity index (χ1v) is 7.06. The zero-order valence-electron chi connectivity index (χ0n) is 9.90. The van der Waals surface area contributed by atoms with E-state index < -0.39 is 0 Å². The first kappa shape index (κ1) is 12.5. The fourth-order valence-corrected chi connectivity index (χ4v) is 2.95. The van der Waals surface area contributed by atoms with Crippen molar-refractivity contribution in [1.82, 2.24) is 9.78 Å². The fourth-order valence-electron chi connectivity index (χ4n) is 1.67. The Morgan fingerprint density at radius 2 is 2.18 bits per heavy atom. The number of carbonyl (C=O) groups is 1. The predicted molar refractivity (Wildman–Crippen MR) is 72.8 cm³/mol. The quantitative estimate of drug-likeness (QED) is 0.807. The zero-order chi connectivity index (χ0) is 12.6. The maximum absolute atomic E-state index is 12.5. The molecule has 0 fully saturated rings. The van der Waals surface area contributed by atoms with Gasteiger partial charge >= 0.3 is 0 Å². The Hall–Kier alpha value is -0.940. The number of hydrogen-bond acceptors (Lipinski definition) is 3. The normalized spacial score (nSPS) is 11.1. The number of aromatic nitrogens is 2. The molecular formula is C12H13BrN2OS. The second-order valence-corrected chi connectivity index (χ2v) is 5.77. The van der Waals surface area contributed by atoms with Crippen LogP contribution in [0.3, 0.4) is 0 Å². The van der Waals surface area contributed by atoms with Crippen molar-refractivity contribution in [2.45, 2.75) is 26.8 Å². The van der Waals surface area contributed by atoms with Crippen LogP contribution in [-0.4, -0.2) is 15.6 Å². The number of aryl methyl sites for hydroxylation is 1. The molecule has 0 spiro atoms. The Labute approximate surface area is 113 Å². The van der Waals surface area contributed by atoms with Crippen LogP contribution in [0.25, 0.3) is 0 Å². The minimum Gasteiger partial charge on any atom is -0.287 e. The second-order valence-electron chi connectivity index (χ2n) is 4.18. The van der Waals surface area contributed by atoms with Gasteiger partial charge in [-0.1, -0.05) is 0 Å². The summed E-state index contributed by atoms with van der Waals surface area (Å²) in [5.74, 6) is 0.0295. The van der Waals surface area contributed by atoms with Crippen LogP contribution in [0, 0.1) is 6.92 Å². The molecule has 2 heterocycles. The van der Waals surface area contributed by atoms with Crippen LogP contribution in [0.15, 0.2) is 21.4 Å². The van der Waals surface area contributed by atoms with Gasteiger partial charge in [0.25, 0.3) is 0 Å². The molecule has 17 heavy (non-hydrogen) atoms. The van der Waals surface area contributed by atoms with E-state index in [-0.39, 0.29) is 11.8 Å². The van der Waals surface area contributed by atoms with Gasteiger partial charge in [0.05, 0.1) is 10.7 Å². The summed E-state index contributed by atoms with van der Waals surface area (Å²) in [5, 5.41) is 8.10. The summed E-state index contributed by atoms with van der Waals surface area (Å²) in [5.41, 5.74) is 2.41. The average Bonchev–Trinajstić information content (AvgIpc) is 2.83. The largest absolute Gasteiger partial charge is 0.287 e. The highest BCUT2D eigenvalue weighted by molar-refractivity contribution is 9.10. The van der Waals surface area contributed by atoms with Crippen molar-refractivity contribution in [2.24, 2.45) is 0 Å². The van der Waals surface area contributed by atoms with Crippen LogP contribution in [0.5, 0.6) is 0 Å². The summed E-state index contributed by atoms with van der Waals surface area (Å²) in [6.45, 7) is 5.97. The summed E-state index contributed by atoms with van der Waals surface area (Å²) in [6.07, 6.45) is 1.68. The van der Waals surface area contributed by atoms with Crippen molar-refractivity contribution in [1.29, 1.82) is 0 Å². The Morgan fingerprint density at radius 1 is 1.47 bits per heavy atom. The van der Waals surface area contributed by atoms with Gasteiger partial charge < -0.3 is 0 Å². The highest BCUT2D eigenvalue weighted by atomic mass is 79.9. The van der Waals surface area contributed by atoms with E-state index >= 15 is 0 Å². The molecule has 2 aromatic heterocycles. The number of ketones is 1. The molecule has 0 aliphatic rings. The number of nitrogens with zero attached hydrogens (tertiary/aromatic N) is 2. The number of rotatable bonds is 3. The summed E-state index contributed by atoms with van der Waals surface area (Å²) in [7, 11) is 0. The molecule has 3 nitrogen and oxygen atoms in total. The number of thiophene rings is 1. The lowest BCUT2D eigenvalue weighted by Crippen LogP contribution is -2.14. The third kappa shape index (κ3) is 2.21. The fraction of sp³-hybridized carbons (Fsp3) is 0.333. The maximum Gasteiger partial charge on any atom is 0.213 e. The van der Waals surface area contributed by atoms with Gasteiger partial charge in [-0.15, -0.1) is 0 Å². The monoisotopic (exact) mass is 312 g/mol. The first-order valence-electron chi connectivity index (χ1n) is 5.33. The smallest absolute Gasteiger partial charge is 0.213 e. The molecule has 0 bridgehead atoms. The molecule has 0 radical (unpaired) electrons. The van der Waals surface area contributed by atoms with Crippen molar-refractivity contribution in [3.8, 4) is 0 Å². The van der Waals surface area contributed by atoms with E-state index in [0.717, 1.165) is 15.6 Å². The van der Waals surface area contributed by atoms with Gasteiger partial charge in [0.2, 0.25) is 5.78 Å². The van der Waals surface area contributed by atoms with E-state index in [9.17, 15) is 4.79 Å². The van der Waals surface area contributed by atoms with E-state index in [1.807, 2.05) is 31.5 Å². The van der Waals surface area contributed by atoms with Crippen molar-refractivity contribution < 1.29 is 4.79 Å². The molecule has 0 N–H and O–H groups in total. The summed E-state index contributed by atoms with van der Waals surface area (Å²) in [4.78, 5) is 12.5. The Bertz CT molecular complexity index is 557. The zero-order valence-corrected chi connectivity index (χ0v) is 12.3. The van der Waals surface area contributed by atoms with E-state index in [0.29, 0.717) is 5.69 Å². The van der Waals surface area contributed by atoms with Gasteiger partial charge in [0, 0.05) is 17.0 Å². The average molecular weight is 313 g/mol. The number of carbonyl (C=O) groups excluding carboxylic acids is 1. The van der Waals surface area contributed by atoms with E-state index in [1.165, 1.54) is 0 Å². The lowest BCUT2D eigenvalue weighted by atomic mass is 10.1. The first-order chi connectivity index (χ1) is 8.02. The minimum atomic E-state index is 0.0295. The summed E-state index contributed by atoms with van der Waals surface area (Å²) < 4.78 is 2.51. The molecule has 0 atom stereocenters. The molecule has 0 unspecified atom stereocenters. The molecule has 2 aromatic rings. The van der Waals surface area contributed by atoms with Crippen molar-refractivity contribution in [2.75, 3.05) is 0 Å². The lowest BCUT2D eigenvalue weighted by Gasteiger charge is -2.10. The van der Waals surface area contributed by atoms with Gasteiger partial charge in [-0.2, -0.15) is 16.4 Å². The second kappa shape index (κ2) is 4.74. The number of halogens is 1. The van der Waals surface area contributed by atoms with Crippen LogP contribution < -0.4 is 0 Å². The third-order valence-electron chi connectivity index (χ3n) is 2.56. The molecule has 0 aromatic carbocycles. The van der Waals surface area contributed by atoms with Crippen molar-refractivity contribution in [3.63, 3.8) is 0 Å². The van der Waals surface area contributed by atoms with Gasteiger partial charge in [0.15, 0.2) is 0 Å². The van der Waals surface area contributed by atoms with Crippen molar-refractivity contribution >= 4 is 33.0 Å². The van der Waals surface area contributed by atoms with Crippen LogP contribution >= 0.6 is 27.3 Å². The molecule has 0 saturated carbocycles. The highest BCUT2D eigenvalue weighted by Crippen LogP contribution is 2.25. The van der Waals surface area contributed by atoms with Crippen LogP contribution in [-0.2, 0) is 0 Å². The van der Waals surface area contributed by atoms with Gasteiger partial charge in [-0.05, 0) is 47.6 Å². The predicted octanol–water partition coefficient (Wildman–Crippen LogP) is 3.83. The lowest BCUT2D eigenvalue weighted by molar-refractivity contribution is 0.102. The van der Waals surface area contributed by atoms with Crippen molar-refractivity contribution in [3.05, 3.63) is 38.3 Å². The molecule has 90 valence electrons. The molecular weight excluding hydrogens is 300 g/mol. The standard InChI is InChI=1S/C12H13BrN2OS/c1-7(2)15-11(10(13)4-14-15)12(16)9-6-17-5-8(9)3/h4-7H,1-3H3. The van der Waals surface area contributed by atoms with Crippen LogP contribution in [0.2, 0.25) is 0 Å². The maximum atomic E-state index is 12.5. The van der Waals surface area contributed by atoms with Gasteiger partial charge in [-0.3, -0.25) is 9.48 Å². The van der Waals surface area contributed by atoms with E-state index in [1.54, 1.807) is 22.2 Å². The topological polar surface area (TPSA) is 34.9 Å². The minimum absolute atomic E-state index is 0.0295.